The molecule has 1 heterocycles. The van der Waals surface area contributed by atoms with Crippen molar-refractivity contribution < 1.29 is 22.7 Å². The number of pyridine rings is 1. The number of rotatable bonds is 13. The third-order valence-electron chi connectivity index (χ3n) is 6.18. The van der Waals surface area contributed by atoms with E-state index in [-0.39, 0.29) is 46.7 Å². The number of ether oxygens (including phenoxy) is 1. The average molecular weight is 621 g/mol. The molecule has 0 bridgehead atoms. The van der Waals surface area contributed by atoms with Crippen LogP contribution in [-0.4, -0.2) is 37.7 Å². The van der Waals surface area contributed by atoms with Crippen LogP contribution in [0.2, 0.25) is 5.02 Å². The largest absolute Gasteiger partial charge is 0.483 e. The quantitative estimate of drug-likeness (QED) is 0.130. The molecule has 0 radical (unpaired) electrons. The van der Waals surface area contributed by atoms with Gasteiger partial charge >= 0.3 is 0 Å². The first-order valence-electron chi connectivity index (χ1n) is 12.9. The molecule has 0 unspecified atom stereocenters. The van der Waals surface area contributed by atoms with Crippen LogP contribution in [0.25, 0.3) is 0 Å². The normalized spacial score (nSPS) is 11.0. The first-order valence-corrected chi connectivity index (χ1v) is 14.9. The SMILES string of the molecule is N=C(N)c1ccc(CNC(=O)c2cc(Cl)cc(N(Cc3ccccn3)S(=O)(=O)Cc3ccccc3)c2)c(OCC(N)=O)c1. The number of hydrogen-bond donors (Lipinski definition) is 4. The van der Waals surface area contributed by atoms with Gasteiger partial charge < -0.3 is 21.5 Å². The lowest BCUT2D eigenvalue weighted by molar-refractivity contribution is -0.119. The molecule has 13 heteroatoms. The molecule has 3 aromatic carbocycles. The summed E-state index contributed by atoms with van der Waals surface area (Å²) in [6.07, 6.45) is 1.57. The fourth-order valence-corrected chi connectivity index (χ4v) is 5.88. The predicted octanol–water partition coefficient (Wildman–Crippen LogP) is 3.35. The van der Waals surface area contributed by atoms with Crippen molar-refractivity contribution in [2.75, 3.05) is 10.9 Å². The smallest absolute Gasteiger partial charge is 0.255 e. The molecular weight excluding hydrogens is 592 g/mol. The number of nitrogen functional groups attached to an aromatic ring is 1. The highest BCUT2D eigenvalue weighted by molar-refractivity contribution is 7.92. The number of halogens is 1. The first-order chi connectivity index (χ1) is 20.5. The van der Waals surface area contributed by atoms with Crippen molar-refractivity contribution in [3.05, 3.63) is 124 Å². The van der Waals surface area contributed by atoms with Crippen LogP contribution in [0.15, 0.2) is 91.1 Å². The molecule has 0 fully saturated rings. The number of nitrogens with two attached hydrogens (primary N) is 2. The summed E-state index contributed by atoms with van der Waals surface area (Å²) in [4.78, 5) is 28.8. The number of nitrogens with zero attached hydrogens (tertiary/aromatic N) is 2. The maximum absolute atomic E-state index is 13.7. The van der Waals surface area contributed by atoms with Gasteiger partial charge in [-0.3, -0.25) is 24.3 Å². The number of primary amides is 1. The van der Waals surface area contributed by atoms with Gasteiger partial charge in [0, 0.05) is 34.5 Å². The molecule has 0 aliphatic rings. The Balaban J connectivity index is 1.62. The summed E-state index contributed by atoms with van der Waals surface area (Å²) in [6.45, 7) is -0.527. The molecule has 0 aliphatic carbocycles. The standard InChI is InChI=1S/C30H29ClN6O5S/c31-24-12-23(30(39)36-16-22-10-9-21(29(33)34)14-27(22)42-18-28(32)38)13-26(15-24)37(17-25-8-4-5-11-35-25)43(40,41)19-20-6-2-1-3-7-20/h1-15H,16-19H2,(H2,32,38)(H3,33,34)(H,36,39). The van der Waals surface area contributed by atoms with Crippen molar-refractivity contribution in [2.45, 2.75) is 18.8 Å². The number of anilines is 1. The van der Waals surface area contributed by atoms with E-state index >= 15 is 0 Å². The zero-order valence-corrected chi connectivity index (χ0v) is 24.4. The summed E-state index contributed by atoms with van der Waals surface area (Å²) in [5, 5.41) is 10.6. The Labute approximate surface area is 254 Å². The van der Waals surface area contributed by atoms with Gasteiger partial charge in [-0.05, 0) is 42.0 Å². The Bertz CT molecular complexity index is 1740. The van der Waals surface area contributed by atoms with E-state index in [1.165, 1.54) is 28.6 Å². The van der Waals surface area contributed by atoms with Crippen molar-refractivity contribution in [3.63, 3.8) is 0 Å². The molecule has 2 amide bonds. The monoisotopic (exact) mass is 620 g/mol. The van der Waals surface area contributed by atoms with E-state index in [0.29, 0.717) is 22.4 Å². The van der Waals surface area contributed by atoms with E-state index in [1.54, 1.807) is 66.9 Å². The van der Waals surface area contributed by atoms with Crippen LogP contribution in [0.4, 0.5) is 5.69 Å². The Morgan fingerprint density at radius 2 is 1.70 bits per heavy atom. The van der Waals surface area contributed by atoms with E-state index in [0.717, 1.165) is 0 Å². The molecule has 0 saturated heterocycles. The van der Waals surface area contributed by atoms with Crippen LogP contribution >= 0.6 is 11.6 Å². The van der Waals surface area contributed by atoms with E-state index in [2.05, 4.69) is 10.3 Å². The molecule has 0 saturated carbocycles. The number of hydrogen-bond acceptors (Lipinski definition) is 7. The number of carbonyl (C=O) groups excluding carboxylic acids is 2. The second-order valence-electron chi connectivity index (χ2n) is 9.44. The van der Waals surface area contributed by atoms with Gasteiger partial charge in [-0.1, -0.05) is 60.1 Å². The van der Waals surface area contributed by atoms with Gasteiger partial charge in [0.15, 0.2) is 6.61 Å². The summed E-state index contributed by atoms with van der Waals surface area (Å²) >= 11 is 6.40. The summed E-state index contributed by atoms with van der Waals surface area (Å²) in [5.74, 6) is -1.51. The summed E-state index contributed by atoms with van der Waals surface area (Å²) in [6, 6.07) is 22.9. The summed E-state index contributed by atoms with van der Waals surface area (Å²) < 4.78 is 34.1. The van der Waals surface area contributed by atoms with E-state index in [9.17, 15) is 18.0 Å². The van der Waals surface area contributed by atoms with Gasteiger partial charge in [0.25, 0.3) is 11.8 Å². The van der Waals surface area contributed by atoms with Gasteiger partial charge in [0.1, 0.15) is 11.6 Å². The highest BCUT2D eigenvalue weighted by atomic mass is 35.5. The Hall–Kier alpha value is -4.94. The van der Waals surface area contributed by atoms with Crippen LogP contribution in [0.5, 0.6) is 5.75 Å². The Kier molecular flexibility index (Phi) is 9.96. The zero-order valence-electron chi connectivity index (χ0n) is 22.9. The summed E-state index contributed by atoms with van der Waals surface area (Å²) in [5.41, 5.74) is 13.0. The number of aromatic nitrogens is 1. The third kappa shape index (κ3) is 8.53. The first kappa shape index (κ1) is 31.0. The van der Waals surface area contributed by atoms with Gasteiger partial charge in [0.2, 0.25) is 10.0 Å². The molecule has 11 nitrogen and oxygen atoms in total. The van der Waals surface area contributed by atoms with Crippen molar-refractivity contribution in [2.24, 2.45) is 11.5 Å². The lowest BCUT2D eigenvalue weighted by atomic mass is 10.1. The maximum Gasteiger partial charge on any atom is 0.255 e. The molecule has 1 aromatic heterocycles. The zero-order chi connectivity index (χ0) is 31.0. The topological polar surface area (TPSA) is 182 Å². The number of sulfonamides is 1. The van der Waals surface area contributed by atoms with Gasteiger partial charge in [-0.15, -0.1) is 0 Å². The fraction of sp³-hybridized carbons (Fsp3) is 0.133. The van der Waals surface area contributed by atoms with Crippen LogP contribution in [0, 0.1) is 5.41 Å². The number of amides is 2. The molecule has 43 heavy (non-hydrogen) atoms. The third-order valence-corrected chi connectivity index (χ3v) is 8.11. The van der Waals surface area contributed by atoms with Gasteiger partial charge in [0.05, 0.1) is 23.7 Å². The molecule has 0 atom stereocenters. The number of amidine groups is 1. The number of nitrogens with one attached hydrogen (secondary N) is 2. The maximum atomic E-state index is 13.7. The minimum absolute atomic E-state index is 0.0308. The molecule has 0 spiro atoms. The summed E-state index contributed by atoms with van der Waals surface area (Å²) in [7, 11) is -3.95. The van der Waals surface area contributed by atoms with Crippen molar-refractivity contribution in [1.82, 2.24) is 10.3 Å². The minimum atomic E-state index is -3.95. The van der Waals surface area contributed by atoms with Crippen LogP contribution < -0.4 is 25.8 Å². The van der Waals surface area contributed by atoms with E-state index in [1.807, 2.05) is 0 Å². The predicted molar refractivity (Wildman–Crippen MR) is 164 cm³/mol. The Morgan fingerprint density at radius 1 is 0.953 bits per heavy atom. The van der Waals surface area contributed by atoms with Gasteiger partial charge in [-0.25, -0.2) is 8.42 Å². The van der Waals surface area contributed by atoms with Crippen molar-refractivity contribution >= 4 is 45.0 Å². The highest BCUT2D eigenvalue weighted by Crippen LogP contribution is 2.28. The number of benzene rings is 3. The molecule has 4 aromatic rings. The lowest BCUT2D eigenvalue weighted by Gasteiger charge is -2.25. The minimum Gasteiger partial charge on any atom is -0.483 e. The molecular formula is C30H29ClN6O5S. The second-order valence-corrected chi connectivity index (χ2v) is 11.8. The van der Waals surface area contributed by atoms with Crippen molar-refractivity contribution in [3.8, 4) is 5.75 Å². The van der Waals surface area contributed by atoms with Crippen LogP contribution in [0.3, 0.4) is 0 Å². The van der Waals surface area contributed by atoms with Crippen molar-refractivity contribution in [1.29, 1.82) is 5.41 Å². The molecule has 6 N–H and O–H groups in total. The lowest BCUT2D eigenvalue weighted by Crippen LogP contribution is -2.32. The van der Waals surface area contributed by atoms with Crippen LogP contribution in [-0.2, 0) is 33.7 Å². The average Bonchev–Trinajstić information content (AvgIpc) is 2.98. The number of carbonyl (C=O) groups is 2. The fourth-order valence-electron chi connectivity index (χ4n) is 4.13. The van der Waals surface area contributed by atoms with Crippen LogP contribution in [0.1, 0.15) is 32.7 Å². The van der Waals surface area contributed by atoms with E-state index < -0.39 is 28.4 Å². The van der Waals surface area contributed by atoms with Gasteiger partial charge in [-0.2, -0.15) is 0 Å². The molecule has 222 valence electrons. The molecule has 0 aliphatic heterocycles. The Morgan fingerprint density at radius 3 is 2.37 bits per heavy atom. The second kappa shape index (κ2) is 13.8. The van der Waals surface area contributed by atoms with E-state index in [4.69, 9.17) is 33.2 Å². The highest BCUT2D eigenvalue weighted by Gasteiger charge is 2.25. The molecule has 4 rings (SSSR count).